The molecule has 0 saturated carbocycles. The number of carbonyl (C=O) groups is 4. The Labute approximate surface area is 256 Å². The fraction of sp³-hybridized carbons (Fsp3) is 0.179. The summed E-state index contributed by atoms with van der Waals surface area (Å²) in [6.45, 7) is 0. The number of hydrogen-bond acceptors (Lipinski definition) is 10. The lowest BCUT2D eigenvalue weighted by molar-refractivity contribution is -0.151. The molecule has 5 N–H and O–H groups in total. The number of rotatable bonds is 8. The summed E-state index contributed by atoms with van der Waals surface area (Å²) in [6.07, 6.45) is 0. The third-order valence-corrected chi connectivity index (χ3v) is 9.37. The molecular weight excluding hydrogens is 610 g/mol. The molecule has 224 valence electrons. The number of hydrogen-bond donors (Lipinski definition) is 5. The Bertz CT molecular complexity index is 1870. The number of aromatic hydroxyl groups is 1. The highest BCUT2D eigenvalue weighted by Gasteiger charge is 2.54. The first kappa shape index (κ1) is 29.0. The first-order valence-corrected chi connectivity index (χ1v) is 15.2. The van der Waals surface area contributed by atoms with Gasteiger partial charge in [0.25, 0.3) is 5.91 Å². The number of aromatic nitrogens is 4. The topological polar surface area (TPSA) is 200 Å². The monoisotopic (exact) mass is 633 g/mol. The first-order chi connectivity index (χ1) is 21.2. The Morgan fingerprint density at radius 2 is 1.80 bits per heavy atom. The normalized spacial score (nSPS) is 18.4. The van der Waals surface area contributed by atoms with Crippen LogP contribution in [0.25, 0.3) is 11.0 Å². The SMILES string of the molecule is O=C(O)C1=C(CSc2ccc(O)nn2)CS[C@H]2C(NC(=O)C(NC(=O)n3c(=O)[nH]c4ccccc43)c3ccccc3)C(=O)N12. The molecule has 4 heterocycles. The van der Waals surface area contributed by atoms with Crippen molar-refractivity contribution in [2.45, 2.75) is 22.5 Å². The molecule has 44 heavy (non-hydrogen) atoms. The molecule has 0 bridgehead atoms. The predicted octanol–water partition coefficient (Wildman–Crippen LogP) is 1.66. The summed E-state index contributed by atoms with van der Waals surface area (Å²) < 4.78 is 0.888. The van der Waals surface area contributed by atoms with Crippen LogP contribution < -0.4 is 16.3 Å². The van der Waals surface area contributed by atoms with Crippen molar-refractivity contribution in [1.29, 1.82) is 0 Å². The van der Waals surface area contributed by atoms with Gasteiger partial charge in [0.05, 0.1) is 11.0 Å². The van der Waals surface area contributed by atoms with Crippen LogP contribution in [0.15, 0.2) is 87.8 Å². The highest BCUT2D eigenvalue weighted by atomic mass is 32.2. The molecule has 3 amide bonds. The molecule has 6 rings (SSSR count). The number of aromatic amines is 1. The number of β-lactam (4-membered cyclic amide) rings is 1. The van der Waals surface area contributed by atoms with Gasteiger partial charge < -0.3 is 25.8 Å². The van der Waals surface area contributed by atoms with Crippen LogP contribution in [0.1, 0.15) is 11.6 Å². The van der Waals surface area contributed by atoms with Crippen LogP contribution in [0.4, 0.5) is 4.79 Å². The van der Waals surface area contributed by atoms with E-state index in [2.05, 4.69) is 25.8 Å². The third kappa shape index (κ3) is 5.40. The van der Waals surface area contributed by atoms with Crippen molar-refractivity contribution in [2.75, 3.05) is 11.5 Å². The molecule has 1 fully saturated rings. The zero-order chi connectivity index (χ0) is 31.0. The molecule has 16 heteroatoms. The van der Waals surface area contributed by atoms with Gasteiger partial charge in [-0.25, -0.2) is 19.0 Å². The van der Waals surface area contributed by atoms with E-state index in [0.717, 1.165) is 9.47 Å². The number of fused-ring (bicyclic) bond motifs is 2. The van der Waals surface area contributed by atoms with Crippen molar-refractivity contribution in [3.63, 3.8) is 0 Å². The summed E-state index contributed by atoms with van der Waals surface area (Å²) in [4.78, 5) is 68.8. The van der Waals surface area contributed by atoms with E-state index in [9.17, 15) is 34.2 Å². The van der Waals surface area contributed by atoms with Crippen molar-refractivity contribution in [2.24, 2.45) is 0 Å². The number of amides is 3. The molecule has 3 atom stereocenters. The first-order valence-electron chi connectivity index (χ1n) is 13.1. The van der Waals surface area contributed by atoms with Crippen LogP contribution >= 0.6 is 23.5 Å². The van der Waals surface area contributed by atoms with Crippen molar-refractivity contribution in [3.8, 4) is 5.88 Å². The quantitative estimate of drug-likeness (QED) is 0.140. The van der Waals surface area contributed by atoms with E-state index in [1.807, 2.05) is 0 Å². The Kier molecular flexibility index (Phi) is 7.84. The van der Waals surface area contributed by atoms with E-state index in [1.54, 1.807) is 60.7 Å². The van der Waals surface area contributed by atoms with Crippen molar-refractivity contribution >= 4 is 58.4 Å². The molecule has 2 aliphatic heterocycles. The van der Waals surface area contributed by atoms with E-state index in [4.69, 9.17) is 0 Å². The maximum absolute atomic E-state index is 13.6. The Hall–Kier alpha value is -5.09. The third-order valence-electron chi connectivity index (χ3n) is 7.02. The number of carboxylic acids is 1. The molecule has 14 nitrogen and oxygen atoms in total. The van der Waals surface area contributed by atoms with Gasteiger partial charge in [-0.05, 0) is 29.3 Å². The number of imidazole rings is 1. The second-order valence-corrected chi connectivity index (χ2v) is 11.8. The lowest BCUT2D eigenvalue weighted by Gasteiger charge is -2.49. The molecule has 0 radical (unpaired) electrons. The van der Waals surface area contributed by atoms with Gasteiger partial charge in [-0.1, -0.05) is 42.5 Å². The zero-order valence-electron chi connectivity index (χ0n) is 22.5. The van der Waals surface area contributed by atoms with Crippen LogP contribution in [0.2, 0.25) is 0 Å². The maximum Gasteiger partial charge on any atom is 0.352 e. The summed E-state index contributed by atoms with van der Waals surface area (Å²) in [5.74, 6) is -2.33. The van der Waals surface area contributed by atoms with Crippen LogP contribution in [0.3, 0.4) is 0 Å². The van der Waals surface area contributed by atoms with Gasteiger partial charge in [0, 0.05) is 17.6 Å². The molecular formula is C28H23N7O7S2. The predicted molar refractivity (Wildman–Crippen MR) is 160 cm³/mol. The maximum atomic E-state index is 13.6. The number of benzene rings is 2. The smallest absolute Gasteiger partial charge is 0.352 e. The van der Waals surface area contributed by atoms with Crippen molar-refractivity contribution in [3.05, 3.63) is 94.0 Å². The minimum atomic E-state index is -1.28. The number of thioether (sulfide) groups is 2. The van der Waals surface area contributed by atoms with E-state index in [0.29, 0.717) is 27.2 Å². The molecule has 0 spiro atoms. The summed E-state index contributed by atoms with van der Waals surface area (Å²) >= 11 is 2.51. The second kappa shape index (κ2) is 11.9. The summed E-state index contributed by atoms with van der Waals surface area (Å²) in [5.41, 5.74) is 0.835. The lowest BCUT2D eigenvalue weighted by Crippen LogP contribution is -2.71. The summed E-state index contributed by atoms with van der Waals surface area (Å²) in [7, 11) is 0. The van der Waals surface area contributed by atoms with E-state index in [1.165, 1.54) is 29.6 Å². The molecule has 2 aromatic heterocycles. The fourth-order valence-corrected chi connectivity index (χ4v) is 7.27. The molecule has 2 unspecified atom stereocenters. The molecule has 4 aromatic rings. The number of carbonyl (C=O) groups excluding carboxylic acids is 3. The number of carboxylic acid groups (broad SMARTS) is 1. The largest absolute Gasteiger partial charge is 0.492 e. The Balaban J connectivity index is 1.20. The summed E-state index contributed by atoms with van der Waals surface area (Å²) in [5, 5.41) is 31.8. The number of aliphatic carboxylic acids is 1. The van der Waals surface area contributed by atoms with E-state index < -0.39 is 47.0 Å². The Morgan fingerprint density at radius 3 is 2.52 bits per heavy atom. The van der Waals surface area contributed by atoms with Crippen molar-refractivity contribution in [1.82, 2.24) is 35.3 Å². The van der Waals surface area contributed by atoms with E-state index in [-0.39, 0.29) is 23.1 Å². The minimum Gasteiger partial charge on any atom is -0.492 e. The fourth-order valence-electron chi connectivity index (χ4n) is 4.97. The van der Waals surface area contributed by atoms with Gasteiger partial charge in [-0.3, -0.25) is 14.5 Å². The van der Waals surface area contributed by atoms with Crippen LogP contribution in [0.5, 0.6) is 5.88 Å². The van der Waals surface area contributed by atoms with Gasteiger partial charge in [-0.15, -0.1) is 33.7 Å². The molecule has 2 aromatic carbocycles. The van der Waals surface area contributed by atoms with Crippen LogP contribution in [-0.4, -0.2) is 81.6 Å². The van der Waals surface area contributed by atoms with Gasteiger partial charge in [0.1, 0.15) is 28.2 Å². The number of H-pyrrole nitrogens is 1. The standard InChI is InChI=1S/C28H23N7O7S2/c36-18-10-11-19(33-32-18)43-12-15-13-44-25-21(24(38)35(25)22(15)26(39)40)30-23(37)20(14-6-2-1-3-7-14)31-28(42)34-17-9-5-4-8-16(17)29-27(34)41/h1-11,20-21,25H,12-13H2,(H,29,41)(H,30,37)(H,31,42)(H,32,36)(H,39,40)/t20?,21?,25-/m0/s1. The van der Waals surface area contributed by atoms with Crippen LogP contribution in [-0.2, 0) is 14.4 Å². The highest BCUT2D eigenvalue weighted by molar-refractivity contribution is 8.01. The lowest BCUT2D eigenvalue weighted by atomic mass is 10.0. The van der Waals surface area contributed by atoms with E-state index >= 15 is 0 Å². The van der Waals surface area contributed by atoms with Crippen molar-refractivity contribution < 1.29 is 29.4 Å². The Morgan fingerprint density at radius 1 is 1.05 bits per heavy atom. The molecule has 0 aliphatic carbocycles. The highest BCUT2D eigenvalue weighted by Crippen LogP contribution is 2.41. The van der Waals surface area contributed by atoms with Crippen LogP contribution in [0, 0.1) is 0 Å². The minimum absolute atomic E-state index is 0.157. The molecule has 1 saturated heterocycles. The number of nitrogens with one attached hydrogen (secondary N) is 3. The van der Waals surface area contributed by atoms with Gasteiger partial charge >= 0.3 is 17.7 Å². The van der Waals surface area contributed by atoms with Gasteiger partial charge in [0.2, 0.25) is 11.8 Å². The average Bonchev–Trinajstić information content (AvgIpc) is 3.37. The number of nitrogens with zero attached hydrogens (tertiary/aromatic N) is 4. The average molecular weight is 634 g/mol. The summed E-state index contributed by atoms with van der Waals surface area (Å²) in [6, 6.07) is 14.7. The zero-order valence-corrected chi connectivity index (χ0v) is 24.2. The molecule has 2 aliphatic rings. The van der Waals surface area contributed by atoms with Gasteiger partial charge in [0.15, 0.2) is 0 Å². The van der Waals surface area contributed by atoms with Gasteiger partial charge in [-0.2, -0.15) is 0 Å². The number of para-hydroxylation sites is 2. The second-order valence-electron chi connectivity index (χ2n) is 9.75.